The predicted molar refractivity (Wildman–Crippen MR) is 168 cm³/mol. The summed E-state index contributed by atoms with van der Waals surface area (Å²) in [5, 5.41) is 0. The van der Waals surface area contributed by atoms with Crippen LogP contribution in [-0.4, -0.2) is 62.0 Å². The molecular weight excluding hydrogens is 521 g/mol. The van der Waals surface area contributed by atoms with Crippen molar-refractivity contribution in [3.63, 3.8) is 0 Å². The van der Waals surface area contributed by atoms with Gasteiger partial charge in [-0.15, -0.1) is 0 Å². The minimum absolute atomic E-state index is 0.138. The maximum absolute atomic E-state index is 12.4. The summed E-state index contributed by atoms with van der Waals surface area (Å²) in [5.74, 6) is 1.12. The van der Waals surface area contributed by atoms with E-state index in [-0.39, 0.29) is 12.5 Å². The maximum atomic E-state index is 12.4. The fraction of sp³-hybridized carbons (Fsp3) is 1.00. The van der Waals surface area contributed by atoms with Crippen LogP contribution in [-0.2, 0) is 18.3 Å². The van der Waals surface area contributed by atoms with Gasteiger partial charge < -0.3 is 14.1 Å². The average molecular weight is 589 g/mol. The Hall–Kier alpha value is 0.0300. The first-order valence-corrected chi connectivity index (χ1v) is 19.0. The molecule has 0 aliphatic carbocycles. The van der Waals surface area contributed by atoms with Gasteiger partial charge in [-0.3, -0.25) is 9.05 Å². The van der Waals surface area contributed by atoms with Crippen molar-refractivity contribution in [1.82, 2.24) is 0 Å². The van der Waals surface area contributed by atoms with E-state index in [2.05, 4.69) is 13.8 Å². The predicted octanol–water partition coefficient (Wildman–Crippen LogP) is 9.44. The fourth-order valence-electron chi connectivity index (χ4n) is 6.71. The number of fused-ring (bicyclic) bond motifs is 3. The molecule has 3 rings (SSSR count). The molecule has 2 atom stereocenters. The monoisotopic (exact) mass is 588 g/mol. The normalized spacial score (nSPS) is 22.9. The van der Waals surface area contributed by atoms with E-state index in [4.69, 9.17) is 13.8 Å². The third-order valence-corrected chi connectivity index (χ3v) is 10.5. The first-order chi connectivity index (χ1) is 19.5. The first kappa shape index (κ1) is 36.2. The van der Waals surface area contributed by atoms with Crippen molar-refractivity contribution in [2.75, 3.05) is 52.6 Å². The van der Waals surface area contributed by atoms with Gasteiger partial charge in [0.1, 0.15) is 0 Å². The Kier molecular flexibility index (Phi) is 20.4. The van der Waals surface area contributed by atoms with Gasteiger partial charge in [0.15, 0.2) is 0 Å². The number of ether oxygens (including phenoxy) is 1. The highest BCUT2D eigenvalue weighted by atomic mass is 31.2. The largest absolute Gasteiger partial charge is 0.472 e. The van der Waals surface area contributed by atoms with Gasteiger partial charge in [0.2, 0.25) is 0 Å². The molecule has 2 bridgehead atoms. The first-order valence-electron chi connectivity index (χ1n) is 17.5. The number of rotatable bonds is 28. The molecule has 2 unspecified atom stereocenters. The lowest BCUT2D eigenvalue weighted by Crippen LogP contribution is -2.58. The maximum Gasteiger partial charge on any atom is 0.472 e. The van der Waals surface area contributed by atoms with Crippen molar-refractivity contribution >= 4 is 7.82 Å². The van der Waals surface area contributed by atoms with Crippen molar-refractivity contribution in [2.24, 2.45) is 11.8 Å². The van der Waals surface area contributed by atoms with Crippen molar-refractivity contribution < 1.29 is 27.7 Å². The van der Waals surface area contributed by atoms with E-state index in [0.717, 1.165) is 44.6 Å². The summed E-state index contributed by atoms with van der Waals surface area (Å²) in [6.45, 7) is 11.5. The molecule has 7 heteroatoms. The van der Waals surface area contributed by atoms with Crippen LogP contribution >= 0.6 is 7.82 Å². The summed E-state index contributed by atoms with van der Waals surface area (Å²) in [4.78, 5) is 10.2. The molecule has 40 heavy (non-hydrogen) atoms. The van der Waals surface area contributed by atoms with Crippen LogP contribution < -0.4 is 0 Å². The molecule has 0 spiro atoms. The Labute approximate surface area is 248 Å². The Morgan fingerprint density at radius 3 is 1.75 bits per heavy atom. The van der Waals surface area contributed by atoms with Crippen LogP contribution in [0, 0.1) is 11.8 Å². The zero-order chi connectivity index (χ0) is 28.8. The van der Waals surface area contributed by atoms with E-state index in [1.54, 1.807) is 0 Å². The minimum Gasteiger partial charge on any atom is -0.381 e. The third kappa shape index (κ3) is 17.2. The molecule has 1 N–H and O–H groups in total. The zero-order valence-electron chi connectivity index (χ0n) is 26.6. The van der Waals surface area contributed by atoms with Crippen LogP contribution in [0.2, 0.25) is 0 Å². The molecular formula is C33H67NO5P+. The van der Waals surface area contributed by atoms with E-state index in [1.165, 1.54) is 133 Å². The molecule has 3 aliphatic rings. The van der Waals surface area contributed by atoms with E-state index in [0.29, 0.717) is 13.2 Å². The summed E-state index contributed by atoms with van der Waals surface area (Å²) in [6, 6.07) is 0. The van der Waals surface area contributed by atoms with Crippen LogP contribution in [0.3, 0.4) is 0 Å². The van der Waals surface area contributed by atoms with E-state index >= 15 is 0 Å². The molecule has 0 aromatic heterocycles. The second-order valence-electron chi connectivity index (χ2n) is 13.1. The van der Waals surface area contributed by atoms with Gasteiger partial charge in [0, 0.05) is 12.5 Å². The van der Waals surface area contributed by atoms with Gasteiger partial charge in [-0.1, -0.05) is 104 Å². The minimum atomic E-state index is -4.00. The van der Waals surface area contributed by atoms with Crippen molar-refractivity contribution in [2.45, 2.75) is 149 Å². The summed E-state index contributed by atoms with van der Waals surface area (Å²) in [5.41, 5.74) is 0. The Morgan fingerprint density at radius 2 is 1.20 bits per heavy atom. The van der Waals surface area contributed by atoms with Gasteiger partial charge in [-0.25, -0.2) is 4.57 Å². The molecule has 238 valence electrons. The molecule has 0 aromatic carbocycles. The number of phosphoric ester groups is 1. The number of phosphoric acid groups is 1. The number of quaternary nitrogens is 1. The number of piperidine rings is 3. The topological polar surface area (TPSA) is 65.0 Å². The second-order valence-corrected chi connectivity index (χ2v) is 14.6. The Morgan fingerprint density at radius 1 is 0.675 bits per heavy atom. The summed E-state index contributed by atoms with van der Waals surface area (Å²) < 4.78 is 30.3. The molecule has 0 radical (unpaired) electrons. The second kappa shape index (κ2) is 22.6. The smallest absolute Gasteiger partial charge is 0.381 e. The van der Waals surface area contributed by atoms with Crippen LogP contribution in [0.25, 0.3) is 0 Å². The Bertz CT molecular complexity index is 627. The summed E-state index contributed by atoms with van der Waals surface area (Å²) >= 11 is 0. The molecule has 3 saturated heterocycles. The van der Waals surface area contributed by atoms with Gasteiger partial charge in [0.05, 0.1) is 46.0 Å². The van der Waals surface area contributed by atoms with Crippen molar-refractivity contribution in [3.8, 4) is 0 Å². The number of hydrogen-bond acceptors (Lipinski definition) is 4. The van der Waals surface area contributed by atoms with Crippen LogP contribution in [0.4, 0.5) is 0 Å². The van der Waals surface area contributed by atoms with Gasteiger partial charge in [0.25, 0.3) is 0 Å². The Balaban J connectivity index is 1.40. The summed E-state index contributed by atoms with van der Waals surface area (Å²) in [7, 11) is -4.00. The molecule has 3 heterocycles. The van der Waals surface area contributed by atoms with Gasteiger partial charge in [-0.05, 0) is 50.9 Å². The lowest BCUT2D eigenvalue weighted by atomic mass is 9.85. The van der Waals surface area contributed by atoms with E-state index in [9.17, 15) is 9.46 Å². The molecule has 0 amide bonds. The lowest BCUT2D eigenvalue weighted by molar-refractivity contribution is -0.942. The molecule has 3 fully saturated rings. The van der Waals surface area contributed by atoms with Crippen LogP contribution in [0.5, 0.6) is 0 Å². The number of hydrogen-bond donors (Lipinski definition) is 1. The highest BCUT2D eigenvalue weighted by molar-refractivity contribution is 7.47. The number of unbranched alkanes of at least 4 members (excludes halogenated alkanes) is 14. The van der Waals surface area contributed by atoms with E-state index in [1.807, 2.05) is 0 Å². The van der Waals surface area contributed by atoms with Crippen LogP contribution in [0.1, 0.15) is 149 Å². The fourth-order valence-corrected chi connectivity index (χ4v) is 7.54. The highest BCUT2D eigenvalue weighted by Gasteiger charge is 2.39. The number of nitrogens with zero attached hydrogens (tertiary/aromatic N) is 1. The SMILES string of the molecule is CCCCCCCCCCCCCCCCOCC(CCC)COP(=O)(O)OCCCC[N+]12CCC(CC1)CC2. The lowest BCUT2D eigenvalue weighted by Gasteiger charge is -2.49. The average Bonchev–Trinajstić information content (AvgIpc) is 2.96. The molecule has 3 aliphatic heterocycles. The molecule has 0 aromatic rings. The van der Waals surface area contributed by atoms with Crippen LogP contribution in [0.15, 0.2) is 0 Å². The quantitative estimate of drug-likeness (QED) is 0.0560. The zero-order valence-corrected chi connectivity index (χ0v) is 27.5. The molecule has 0 saturated carbocycles. The van der Waals surface area contributed by atoms with Crippen molar-refractivity contribution in [1.29, 1.82) is 0 Å². The summed E-state index contributed by atoms with van der Waals surface area (Å²) in [6.07, 6.45) is 27.0. The molecule has 6 nitrogen and oxygen atoms in total. The highest BCUT2D eigenvalue weighted by Crippen LogP contribution is 2.44. The van der Waals surface area contributed by atoms with Crippen molar-refractivity contribution in [3.05, 3.63) is 0 Å². The third-order valence-electron chi connectivity index (χ3n) is 9.48. The standard InChI is InChI=1S/C33H66NO5P/c1-3-5-6-7-8-9-10-11-12-13-14-15-16-18-28-37-30-33(20-4-2)31-39-40(35,36)38-29-19-17-24-34-25-21-32(22-26-34)23-27-34/h32-33H,3-31H2,1-2H3/p+1. The van der Waals surface area contributed by atoms with Gasteiger partial charge in [-0.2, -0.15) is 0 Å². The van der Waals surface area contributed by atoms with Gasteiger partial charge >= 0.3 is 7.82 Å². The van der Waals surface area contributed by atoms with E-state index < -0.39 is 7.82 Å².